The predicted octanol–water partition coefficient (Wildman–Crippen LogP) is 4.14. The minimum Gasteiger partial charge on any atom is -0.382 e. The number of imidazole rings is 1. The van der Waals surface area contributed by atoms with Gasteiger partial charge < -0.3 is 10.3 Å². The number of nitrogens with two attached hydrogens (primary N) is 1. The summed E-state index contributed by atoms with van der Waals surface area (Å²) in [5.41, 5.74) is 12.3. The van der Waals surface area contributed by atoms with Crippen LogP contribution in [-0.2, 0) is 18.0 Å². The SMILES string of the molecule is C=C(C)NOCc1nc2c(N)nc3cc(Br)ccc3c2n1CC(C)C. The molecule has 132 valence electrons. The number of allylic oxidation sites excluding steroid dienone is 1. The minimum atomic E-state index is 0.311. The summed E-state index contributed by atoms with van der Waals surface area (Å²) in [7, 11) is 0. The molecular formula is C18H22BrN5O. The first-order valence-electron chi connectivity index (χ1n) is 8.14. The lowest BCUT2D eigenvalue weighted by atomic mass is 10.1. The van der Waals surface area contributed by atoms with Crippen molar-refractivity contribution in [1.29, 1.82) is 0 Å². The van der Waals surface area contributed by atoms with Crippen LogP contribution >= 0.6 is 15.9 Å². The average Bonchev–Trinajstić information content (AvgIpc) is 2.86. The number of pyridine rings is 1. The third-order valence-electron chi connectivity index (χ3n) is 3.74. The molecule has 3 aromatic rings. The number of anilines is 1. The van der Waals surface area contributed by atoms with Crippen LogP contribution < -0.4 is 11.2 Å². The van der Waals surface area contributed by atoms with Crippen LogP contribution in [-0.4, -0.2) is 14.5 Å². The fourth-order valence-corrected chi connectivity index (χ4v) is 3.18. The first-order chi connectivity index (χ1) is 11.9. The third kappa shape index (κ3) is 3.62. The molecule has 3 N–H and O–H groups in total. The Hall–Kier alpha value is -2.12. The zero-order valence-electron chi connectivity index (χ0n) is 14.6. The number of nitrogens with one attached hydrogen (secondary N) is 1. The van der Waals surface area contributed by atoms with Crippen molar-refractivity contribution in [2.24, 2.45) is 5.92 Å². The Bertz CT molecular complexity index is 948. The molecule has 7 heteroatoms. The van der Waals surface area contributed by atoms with Crippen LogP contribution in [0.2, 0.25) is 0 Å². The van der Waals surface area contributed by atoms with Crippen molar-refractivity contribution < 1.29 is 4.84 Å². The molecule has 0 aliphatic rings. The van der Waals surface area contributed by atoms with Crippen LogP contribution in [0.1, 0.15) is 26.6 Å². The highest BCUT2D eigenvalue weighted by Crippen LogP contribution is 2.31. The normalized spacial score (nSPS) is 11.6. The summed E-state index contributed by atoms with van der Waals surface area (Å²) in [6, 6.07) is 6.02. The molecule has 0 saturated heterocycles. The Morgan fingerprint density at radius 2 is 2.16 bits per heavy atom. The maximum atomic E-state index is 6.19. The fourth-order valence-electron chi connectivity index (χ4n) is 2.83. The number of rotatable bonds is 6. The van der Waals surface area contributed by atoms with E-state index in [1.54, 1.807) is 0 Å². The van der Waals surface area contributed by atoms with E-state index in [0.29, 0.717) is 23.9 Å². The number of hydroxylamine groups is 1. The zero-order valence-corrected chi connectivity index (χ0v) is 16.2. The topological polar surface area (TPSA) is 78.0 Å². The monoisotopic (exact) mass is 403 g/mol. The van der Waals surface area contributed by atoms with E-state index >= 15 is 0 Å². The molecule has 2 aromatic heterocycles. The van der Waals surface area contributed by atoms with Gasteiger partial charge in [-0.1, -0.05) is 36.4 Å². The van der Waals surface area contributed by atoms with Crippen LogP contribution in [0.4, 0.5) is 5.82 Å². The molecule has 0 spiro atoms. The molecule has 0 aliphatic carbocycles. The molecule has 2 heterocycles. The Balaban J connectivity index is 2.20. The van der Waals surface area contributed by atoms with Gasteiger partial charge >= 0.3 is 0 Å². The molecule has 0 bridgehead atoms. The lowest BCUT2D eigenvalue weighted by molar-refractivity contribution is 0.0436. The van der Waals surface area contributed by atoms with E-state index in [-0.39, 0.29) is 0 Å². The highest BCUT2D eigenvalue weighted by molar-refractivity contribution is 9.10. The number of halogens is 1. The van der Waals surface area contributed by atoms with Crippen LogP contribution in [0.3, 0.4) is 0 Å². The van der Waals surface area contributed by atoms with Crippen molar-refractivity contribution in [1.82, 2.24) is 20.0 Å². The smallest absolute Gasteiger partial charge is 0.152 e. The van der Waals surface area contributed by atoms with Crippen molar-refractivity contribution in [2.45, 2.75) is 33.9 Å². The number of hydrogen-bond acceptors (Lipinski definition) is 5. The fraction of sp³-hybridized carbons (Fsp3) is 0.333. The Morgan fingerprint density at radius 3 is 2.84 bits per heavy atom. The second-order valence-corrected chi connectivity index (χ2v) is 7.47. The number of benzene rings is 1. The average molecular weight is 404 g/mol. The first kappa shape index (κ1) is 17.7. The number of fused-ring (bicyclic) bond motifs is 3. The standard InChI is InChI=1S/C18H22BrN5O/c1-10(2)8-24-15(9-25-23-11(3)4)22-16-17(24)13-6-5-12(19)7-14(13)21-18(16)20/h5-7,10,23H,3,8-9H2,1-2,4H3,(H2,20,21). The van der Waals surface area contributed by atoms with Crippen LogP contribution in [0.5, 0.6) is 0 Å². The van der Waals surface area contributed by atoms with Gasteiger partial charge in [-0.2, -0.15) is 0 Å². The van der Waals surface area contributed by atoms with Crippen molar-refractivity contribution >= 4 is 43.7 Å². The number of hydrogen-bond donors (Lipinski definition) is 2. The third-order valence-corrected chi connectivity index (χ3v) is 4.23. The van der Waals surface area contributed by atoms with Gasteiger partial charge in [0.2, 0.25) is 0 Å². The largest absolute Gasteiger partial charge is 0.382 e. The van der Waals surface area contributed by atoms with E-state index in [4.69, 9.17) is 15.6 Å². The van der Waals surface area contributed by atoms with Crippen molar-refractivity contribution in [2.75, 3.05) is 5.73 Å². The molecule has 3 rings (SSSR count). The molecular weight excluding hydrogens is 382 g/mol. The molecule has 0 radical (unpaired) electrons. The van der Waals surface area contributed by atoms with Gasteiger partial charge in [-0.3, -0.25) is 10.3 Å². The zero-order chi connectivity index (χ0) is 18.1. The molecule has 1 aromatic carbocycles. The second kappa shape index (κ2) is 7.01. The minimum absolute atomic E-state index is 0.311. The Morgan fingerprint density at radius 1 is 1.40 bits per heavy atom. The molecule has 25 heavy (non-hydrogen) atoms. The maximum absolute atomic E-state index is 6.19. The van der Waals surface area contributed by atoms with Gasteiger partial charge in [-0.25, -0.2) is 9.97 Å². The van der Waals surface area contributed by atoms with E-state index in [0.717, 1.165) is 39.0 Å². The van der Waals surface area contributed by atoms with E-state index < -0.39 is 0 Å². The van der Waals surface area contributed by atoms with Gasteiger partial charge in [0.15, 0.2) is 5.82 Å². The summed E-state index contributed by atoms with van der Waals surface area (Å²) >= 11 is 3.49. The highest BCUT2D eigenvalue weighted by Gasteiger charge is 2.18. The summed E-state index contributed by atoms with van der Waals surface area (Å²) < 4.78 is 3.14. The lowest BCUT2D eigenvalue weighted by Crippen LogP contribution is -2.15. The highest BCUT2D eigenvalue weighted by atomic mass is 79.9. The molecule has 0 aliphatic heterocycles. The van der Waals surface area contributed by atoms with Crippen molar-refractivity contribution in [3.05, 3.63) is 40.8 Å². The summed E-state index contributed by atoms with van der Waals surface area (Å²) in [6.07, 6.45) is 0. The maximum Gasteiger partial charge on any atom is 0.152 e. The van der Waals surface area contributed by atoms with Gasteiger partial charge in [0.05, 0.1) is 11.0 Å². The van der Waals surface area contributed by atoms with Crippen molar-refractivity contribution in [3.63, 3.8) is 0 Å². The summed E-state index contributed by atoms with van der Waals surface area (Å²) in [6.45, 7) is 11.1. The number of nitrogens with zero attached hydrogens (tertiary/aromatic N) is 3. The lowest BCUT2D eigenvalue weighted by Gasteiger charge is -2.13. The molecule has 0 amide bonds. The van der Waals surface area contributed by atoms with Crippen LogP contribution in [0, 0.1) is 5.92 Å². The first-order valence-corrected chi connectivity index (χ1v) is 8.93. The predicted molar refractivity (Wildman–Crippen MR) is 105 cm³/mol. The quantitative estimate of drug-likeness (QED) is 0.604. The second-order valence-electron chi connectivity index (χ2n) is 6.56. The number of nitrogen functional groups attached to an aromatic ring is 1. The van der Waals surface area contributed by atoms with Crippen molar-refractivity contribution in [3.8, 4) is 0 Å². The molecule has 0 saturated carbocycles. The molecule has 6 nitrogen and oxygen atoms in total. The molecule has 0 atom stereocenters. The number of aromatic nitrogens is 3. The van der Waals surface area contributed by atoms with Gasteiger partial charge in [0, 0.05) is 22.1 Å². The van der Waals surface area contributed by atoms with Crippen LogP contribution in [0.15, 0.2) is 34.9 Å². The van der Waals surface area contributed by atoms with E-state index in [2.05, 4.69) is 51.4 Å². The summed E-state index contributed by atoms with van der Waals surface area (Å²) in [5, 5.41) is 1.03. The van der Waals surface area contributed by atoms with E-state index in [1.807, 2.05) is 25.1 Å². The molecule has 0 unspecified atom stereocenters. The van der Waals surface area contributed by atoms with Gasteiger partial charge in [-0.05, 0) is 31.0 Å². The van der Waals surface area contributed by atoms with Crippen LogP contribution in [0.25, 0.3) is 21.9 Å². The van der Waals surface area contributed by atoms with Gasteiger partial charge in [0.25, 0.3) is 0 Å². The summed E-state index contributed by atoms with van der Waals surface area (Å²) in [5.74, 6) is 1.68. The Labute approximate surface area is 155 Å². The molecule has 0 fully saturated rings. The van der Waals surface area contributed by atoms with E-state index in [9.17, 15) is 0 Å². The Kier molecular flexibility index (Phi) is 4.96. The summed E-state index contributed by atoms with van der Waals surface area (Å²) in [4.78, 5) is 14.7. The van der Waals surface area contributed by atoms with Gasteiger partial charge in [0.1, 0.15) is 17.9 Å². The van der Waals surface area contributed by atoms with Gasteiger partial charge in [-0.15, -0.1) is 0 Å². The van der Waals surface area contributed by atoms with E-state index in [1.165, 1.54) is 0 Å².